The molecule has 0 unspecified atom stereocenters. The van der Waals surface area contributed by atoms with Crippen LogP contribution in [0.5, 0.6) is 23.0 Å². The average molecular weight is 404 g/mol. The van der Waals surface area contributed by atoms with Crippen molar-refractivity contribution >= 4 is 23.6 Å². The molecular formula is C20H18ClNO6. The Balaban J connectivity index is 1.64. The molecule has 0 amide bonds. The van der Waals surface area contributed by atoms with Crippen molar-refractivity contribution < 1.29 is 28.6 Å². The lowest BCUT2D eigenvalue weighted by molar-refractivity contribution is 0.0850. The minimum absolute atomic E-state index is 0.0168. The number of aldehydes is 1. The zero-order valence-corrected chi connectivity index (χ0v) is 16.1. The van der Waals surface area contributed by atoms with E-state index in [-0.39, 0.29) is 12.9 Å². The predicted octanol–water partition coefficient (Wildman–Crippen LogP) is 3.63. The molecule has 2 aromatic rings. The summed E-state index contributed by atoms with van der Waals surface area (Å²) >= 11 is 5.94. The summed E-state index contributed by atoms with van der Waals surface area (Å²) in [7, 11) is 3.03. The van der Waals surface area contributed by atoms with Crippen molar-refractivity contribution in [3.8, 4) is 23.0 Å². The number of hydrogen-bond donors (Lipinski definition) is 0. The summed E-state index contributed by atoms with van der Waals surface area (Å²) in [6, 6.07) is 7.41. The molecule has 28 heavy (non-hydrogen) atoms. The molecule has 0 bridgehead atoms. The van der Waals surface area contributed by atoms with E-state index in [1.54, 1.807) is 0 Å². The van der Waals surface area contributed by atoms with Crippen LogP contribution >= 0.6 is 11.6 Å². The number of hydrogen-bond acceptors (Lipinski definition) is 7. The third-order valence-electron chi connectivity index (χ3n) is 4.74. The van der Waals surface area contributed by atoms with Gasteiger partial charge in [0.2, 0.25) is 18.3 Å². The summed E-state index contributed by atoms with van der Waals surface area (Å²) < 4.78 is 22.0. The van der Waals surface area contributed by atoms with E-state index in [1.807, 2.05) is 24.3 Å². The number of carbonyl (C=O) groups is 1. The number of halogens is 1. The predicted molar refractivity (Wildman–Crippen MR) is 102 cm³/mol. The first kappa shape index (κ1) is 18.4. The van der Waals surface area contributed by atoms with Gasteiger partial charge in [-0.3, -0.25) is 4.79 Å². The first-order valence-electron chi connectivity index (χ1n) is 8.66. The van der Waals surface area contributed by atoms with Gasteiger partial charge in [-0.25, -0.2) is 0 Å². The molecule has 2 heterocycles. The lowest BCUT2D eigenvalue weighted by Gasteiger charge is -2.18. The largest absolute Gasteiger partial charge is 0.492 e. The van der Waals surface area contributed by atoms with Crippen LogP contribution in [0, 0.1) is 0 Å². The normalized spacial score (nSPS) is 17.1. The molecule has 0 saturated heterocycles. The Morgan fingerprint density at radius 3 is 2.54 bits per heavy atom. The second-order valence-electron chi connectivity index (χ2n) is 6.32. The van der Waals surface area contributed by atoms with Crippen LogP contribution in [0.15, 0.2) is 29.4 Å². The van der Waals surface area contributed by atoms with Gasteiger partial charge in [-0.2, -0.15) is 0 Å². The molecule has 4 rings (SSSR count). The van der Waals surface area contributed by atoms with Crippen LogP contribution in [0.1, 0.15) is 27.9 Å². The Labute approximate surface area is 166 Å². The molecule has 7 nitrogen and oxygen atoms in total. The van der Waals surface area contributed by atoms with Crippen LogP contribution in [-0.4, -0.2) is 39.1 Å². The molecule has 8 heteroatoms. The quantitative estimate of drug-likeness (QED) is 0.685. The monoisotopic (exact) mass is 403 g/mol. The van der Waals surface area contributed by atoms with Crippen LogP contribution in [0.25, 0.3) is 0 Å². The van der Waals surface area contributed by atoms with Crippen LogP contribution in [0.2, 0.25) is 5.02 Å². The van der Waals surface area contributed by atoms with Crippen molar-refractivity contribution in [1.82, 2.24) is 0 Å². The third kappa shape index (κ3) is 3.11. The fourth-order valence-corrected chi connectivity index (χ4v) is 3.58. The molecule has 0 aromatic heterocycles. The molecule has 0 radical (unpaired) electrons. The van der Waals surface area contributed by atoms with Crippen LogP contribution in [0.4, 0.5) is 0 Å². The van der Waals surface area contributed by atoms with E-state index in [0.29, 0.717) is 52.0 Å². The van der Waals surface area contributed by atoms with Crippen LogP contribution in [0.3, 0.4) is 0 Å². The maximum atomic E-state index is 11.8. The highest BCUT2D eigenvalue weighted by molar-refractivity contribution is 6.30. The molecule has 2 aliphatic heterocycles. The molecular weight excluding hydrogens is 386 g/mol. The highest BCUT2D eigenvalue weighted by Crippen LogP contribution is 2.51. The van der Waals surface area contributed by atoms with Crippen LogP contribution < -0.4 is 18.9 Å². The number of fused-ring (bicyclic) bond motifs is 1. The zero-order valence-electron chi connectivity index (χ0n) is 15.4. The molecule has 0 fully saturated rings. The zero-order chi connectivity index (χ0) is 19.7. The first-order chi connectivity index (χ1) is 13.7. The smallest absolute Gasteiger partial charge is 0.231 e. The number of carbonyl (C=O) groups excluding carboxylic acids is 1. The van der Waals surface area contributed by atoms with Gasteiger partial charge < -0.3 is 23.8 Å². The molecule has 1 atom stereocenters. The van der Waals surface area contributed by atoms with Crippen molar-refractivity contribution in [2.45, 2.75) is 18.9 Å². The van der Waals surface area contributed by atoms with E-state index in [1.165, 1.54) is 14.2 Å². The van der Waals surface area contributed by atoms with Crippen molar-refractivity contribution in [1.29, 1.82) is 0 Å². The molecule has 2 aliphatic rings. The highest BCUT2D eigenvalue weighted by atomic mass is 35.5. The number of rotatable bonds is 6. The molecule has 0 N–H and O–H groups in total. The van der Waals surface area contributed by atoms with E-state index in [9.17, 15) is 4.79 Å². The second kappa shape index (κ2) is 7.59. The number of oxime groups is 1. The van der Waals surface area contributed by atoms with Crippen molar-refractivity contribution in [3.63, 3.8) is 0 Å². The van der Waals surface area contributed by atoms with Crippen molar-refractivity contribution in [3.05, 3.63) is 46.0 Å². The summed E-state index contributed by atoms with van der Waals surface area (Å²) in [5.41, 5.74) is 2.77. The number of nitrogens with zero attached hydrogens (tertiary/aromatic N) is 1. The Kier molecular flexibility index (Phi) is 5.00. The highest BCUT2D eigenvalue weighted by Gasteiger charge is 2.33. The average Bonchev–Trinajstić information content (AvgIpc) is 3.37. The van der Waals surface area contributed by atoms with Gasteiger partial charge >= 0.3 is 0 Å². The Morgan fingerprint density at radius 1 is 1.14 bits per heavy atom. The minimum Gasteiger partial charge on any atom is -0.492 e. The SMILES string of the molecule is COc1c(C[C@@H]2CC(c3ccc(Cl)cc3)=NO2)c(C=O)c2c(c1OC)OCO2. The van der Waals surface area contributed by atoms with Gasteiger partial charge in [-0.05, 0) is 17.7 Å². The number of methoxy groups -OCH3 is 2. The van der Waals surface area contributed by atoms with Gasteiger partial charge in [0.15, 0.2) is 17.8 Å². The Morgan fingerprint density at radius 2 is 1.86 bits per heavy atom. The van der Waals surface area contributed by atoms with Gasteiger partial charge in [0.1, 0.15) is 6.10 Å². The fraction of sp³-hybridized carbons (Fsp3) is 0.300. The minimum atomic E-state index is -0.261. The number of ether oxygens (including phenoxy) is 4. The fourth-order valence-electron chi connectivity index (χ4n) is 3.45. The lowest BCUT2D eigenvalue weighted by atomic mass is 9.95. The standard InChI is InChI=1S/C20H18ClNO6/c1-24-17-14(15(9-23)18-20(19(17)25-2)27-10-26-18)7-13-8-16(22-28-13)11-3-5-12(21)6-4-11/h3-6,9,13H,7-8,10H2,1-2H3/t13-/m1/s1. The summed E-state index contributed by atoms with van der Waals surface area (Å²) in [5, 5.41) is 4.86. The Bertz CT molecular complexity index is 941. The van der Waals surface area contributed by atoms with E-state index in [0.717, 1.165) is 17.6 Å². The van der Waals surface area contributed by atoms with E-state index < -0.39 is 0 Å². The summed E-state index contributed by atoms with van der Waals surface area (Å²) in [5.74, 6) is 1.56. The van der Waals surface area contributed by atoms with E-state index in [2.05, 4.69) is 5.16 Å². The maximum Gasteiger partial charge on any atom is 0.231 e. The summed E-state index contributed by atoms with van der Waals surface area (Å²) in [6.07, 6.45) is 1.45. The van der Waals surface area contributed by atoms with Gasteiger partial charge in [0.25, 0.3) is 0 Å². The van der Waals surface area contributed by atoms with Crippen molar-refractivity contribution in [2.24, 2.45) is 5.16 Å². The molecule has 146 valence electrons. The molecule has 0 saturated carbocycles. The first-order valence-corrected chi connectivity index (χ1v) is 9.04. The second-order valence-corrected chi connectivity index (χ2v) is 6.76. The third-order valence-corrected chi connectivity index (χ3v) is 4.99. The van der Waals surface area contributed by atoms with Gasteiger partial charge in [-0.15, -0.1) is 0 Å². The number of benzene rings is 2. The van der Waals surface area contributed by atoms with Gasteiger partial charge in [-0.1, -0.05) is 28.9 Å². The molecule has 0 aliphatic carbocycles. The van der Waals surface area contributed by atoms with Gasteiger partial charge in [0.05, 0.1) is 25.5 Å². The molecule has 0 spiro atoms. The summed E-state index contributed by atoms with van der Waals surface area (Å²) in [4.78, 5) is 17.4. The van der Waals surface area contributed by atoms with Crippen LogP contribution in [-0.2, 0) is 11.3 Å². The maximum absolute atomic E-state index is 11.8. The topological polar surface area (TPSA) is 75.6 Å². The Hall–Kier alpha value is -2.93. The van der Waals surface area contributed by atoms with Crippen molar-refractivity contribution in [2.75, 3.05) is 21.0 Å². The molecule has 2 aromatic carbocycles. The lowest BCUT2D eigenvalue weighted by Crippen LogP contribution is -2.15. The van der Waals surface area contributed by atoms with E-state index in [4.69, 9.17) is 35.4 Å². The summed E-state index contributed by atoms with van der Waals surface area (Å²) in [6.45, 7) is 0.0168. The van der Waals surface area contributed by atoms with E-state index >= 15 is 0 Å². The van der Waals surface area contributed by atoms with Gasteiger partial charge in [0, 0.05) is 23.4 Å².